The molecule has 6 heteroatoms. The van der Waals surface area contributed by atoms with Crippen molar-refractivity contribution in [3.05, 3.63) is 52.9 Å². The average molecular weight is 330 g/mol. The van der Waals surface area contributed by atoms with Crippen LogP contribution in [-0.4, -0.2) is 33.4 Å². The number of aromatic nitrogens is 1. The van der Waals surface area contributed by atoms with Gasteiger partial charge in [-0.25, -0.2) is 0 Å². The molecule has 1 heterocycles. The fourth-order valence-corrected chi connectivity index (χ4v) is 3.15. The van der Waals surface area contributed by atoms with Crippen LogP contribution >= 0.6 is 0 Å². The van der Waals surface area contributed by atoms with E-state index in [1.54, 1.807) is 6.92 Å². The molecule has 2 aromatic rings. The van der Waals surface area contributed by atoms with Gasteiger partial charge in [0.25, 0.3) is 5.91 Å². The van der Waals surface area contributed by atoms with Crippen molar-refractivity contribution >= 4 is 5.91 Å². The predicted octanol–water partition coefficient (Wildman–Crippen LogP) is 1.59. The van der Waals surface area contributed by atoms with Crippen LogP contribution < -0.4 is 5.32 Å². The number of carbonyl (C=O) groups excluding carboxylic acids is 1. The quantitative estimate of drug-likeness (QED) is 0.747. The van der Waals surface area contributed by atoms with E-state index in [1.807, 2.05) is 30.3 Å². The van der Waals surface area contributed by atoms with E-state index in [9.17, 15) is 15.0 Å². The topological polar surface area (TPSA) is 95.6 Å². The lowest BCUT2D eigenvalue weighted by Crippen LogP contribution is -2.48. The number of hydrogen-bond acceptors (Lipinski definition) is 5. The summed E-state index contributed by atoms with van der Waals surface area (Å²) >= 11 is 0. The van der Waals surface area contributed by atoms with Gasteiger partial charge < -0.3 is 20.1 Å². The molecule has 1 atom stereocenters. The fraction of sp³-hybridized carbons (Fsp3) is 0.444. The minimum absolute atomic E-state index is 0.0909. The summed E-state index contributed by atoms with van der Waals surface area (Å²) in [6.07, 6.45) is 1.77. The summed E-state index contributed by atoms with van der Waals surface area (Å²) in [5.74, 6) is 0.328. The zero-order chi connectivity index (χ0) is 17.1. The summed E-state index contributed by atoms with van der Waals surface area (Å²) in [4.78, 5) is 12.6. The van der Waals surface area contributed by atoms with Gasteiger partial charge in [0.2, 0.25) is 0 Å². The van der Waals surface area contributed by atoms with Crippen molar-refractivity contribution in [2.24, 2.45) is 5.92 Å². The molecule has 1 saturated carbocycles. The molecule has 24 heavy (non-hydrogen) atoms. The van der Waals surface area contributed by atoms with Gasteiger partial charge in [-0.2, -0.15) is 0 Å². The van der Waals surface area contributed by atoms with Crippen LogP contribution in [0.5, 0.6) is 0 Å². The van der Waals surface area contributed by atoms with E-state index >= 15 is 0 Å². The lowest BCUT2D eigenvalue weighted by molar-refractivity contribution is 0.0238. The Hall–Kier alpha value is -2.18. The van der Waals surface area contributed by atoms with E-state index in [2.05, 4.69) is 10.5 Å². The van der Waals surface area contributed by atoms with Gasteiger partial charge in [-0.15, -0.1) is 0 Å². The Bertz CT molecular complexity index is 692. The number of nitrogens with zero attached hydrogens (tertiary/aromatic N) is 1. The Balaban J connectivity index is 1.74. The number of rotatable bonds is 6. The molecule has 0 saturated heterocycles. The third kappa shape index (κ3) is 3.49. The number of aliphatic hydroxyl groups excluding tert-OH is 2. The number of carbonyl (C=O) groups is 1. The molecular formula is C18H22N2O4. The lowest BCUT2D eigenvalue weighted by Gasteiger charge is -2.38. The first-order valence-electron chi connectivity index (χ1n) is 8.17. The monoisotopic (exact) mass is 330 g/mol. The van der Waals surface area contributed by atoms with Crippen molar-refractivity contribution in [1.82, 2.24) is 10.5 Å². The second kappa shape index (κ2) is 7.15. The Kier molecular flexibility index (Phi) is 4.97. The number of hydrogen-bond donors (Lipinski definition) is 3. The van der Waals surface area contributed by atoms with Crippen LogP contribution in [-0.2, 0) is 13.0 Å². The molecule has 1 aliphatic rings. The van der Waals surface area contributed by atoms with E-state index in [1.165, 1.54) is 0 Å². The van der Waals surface area contributed by atoms with Gasteiger partial charge >= 0.3 is 0 Å². The molecule has 0 radical (unpaired) electrons. The van der Waals surface area contributed by atoms with E-state index < -0.39 is 0 Å². The van der Waals surface area contributed by atoms with Crippen LogP contribution in [0.2, 0.25) is 0 Å². The van der Waals surface area contributed by atoms with Crippen molar-refractivity contribution in [2.45, 2.75) is 44.9 Å². The molecule has 0 bridgehead atoms. The van der Waals surface area contributed by atoms with Gasteiger partial charge in [0.1, 0.15) is 5.76 Å². The number of amides is 1. The number of aryl methyl sites for hydroxylation is 1. The van der Waals surface area contributed by atoms with E-state index in [4.69, 9.17) is 4.52 Å². The first-order chi connectivity index (χ1) is 11.6. The summed E-state index contributed by atoms with van der Waals surface area (Å²) in [5, 5.41) is 25.8. The summed E-state index contributed by atoms with van der Waals surface area (Å²) in [5.41, 5.74) is 1.68. The number of benzene rings is 1. The molecule has 3 rings (SSSR count). The second-order valence-corrected chi connectivity index (χ2v) is 6.38. The Labute approximate surface area is 140 Å². The minimum Gasteiger partial charge on any atom is -0.393 e. The highest BCUT2D eigenvalue weighted by molar-refractivity contribution is 5.94. The zero-order valence-corrected chi connectivity index (χ0v) is 13.6. The lowest BCUT2D eigenvalue weighted by atomic mass is 9.75. The maximum Gasteiger partial charge on any atom is 0.274 e. The van der Waals surface area contributed by atoms with E-state index in [0.717, 1.165) is 5.56 Å². The molecule has 1 amide bonds. The van der Waals surface area contributed by atoms with Crippen molar-refractivity contribution in [3.8, 4) is 0 Å². The summed E-state index contributed by atoms with van der Waals surface area (Å²) < 4.78 is 5.01. The third-order valence-corrected chi connectivity index (χ3v) is 4.69. The van der Waals surface area contributed by atoms with Crippen LogP contribution in [0, 0.1) is 12.8 Å². The molecule has 0 spiro atoms. The largest absolute Gasteiger partial charge is 0.393 e. The Morgan fingerprint density at radius 3 is 2.71 bits per heavy atom. The van der Waals surface area contributed by atoms with Gasteiger partial charge in [-0.1, -0.05) is 35.5 Å². The van der Waals surface area contributed by atoms with Crippen molar-refractivity contribution in [3.63, 3.8) is 0 Å². The molecule has 6 nitrogen and oxygen atoms in total. The van der Waals surface area contributed by atoms with Crippen molar-refractivity contribution in [1.29, 1.82) is 0 Å². The predicted molar refractivity (Wildman–Crippen MR) is 87.3 cm³/mol. The van der Waals surface area contributed by atoms with Gasteiger partial charge in [-0.05, 0) is 37.7 Å². The van der Waals surface area contributed by atoms with E-state index in [0.29, 0.717) is 30.6 Å². The Morgan fingerprint density at radius 2 is 2.08 bits per heavy atom. The number of aliphatic hydroxyl groups is 2. The molecule has 1 aromatic carbocycles. The molecule has 1 unspecified atom stereocenters. The van der Waals surface area contributed by atoms with Crippen LogP contribution in [0.25, 0.3) is 0 Å². The van der Waals surface area contributed by atoms with Gasteiger partial charge in [0.15, 0.2) is 5.69 Å². The Morgan fingerprint density at radius 1 is 1.38 bits per heavy atom. The highest BCUT2D eigenvalue weighted by Gasteiger charge is 2.35. The molecular weight excluding hydrogens is 308 g/mol. The highest BCUT2D eigenvalue weighted by atomic mass is 16.5. The average Bonchev–Trinajstić information content (AvgIpc) is 2.93. The first kappa shape index (κ1) is 16.7. The minimum atomic E-state index is -0.349. The van der Waals surface area contributed by atoms with Crippen molar-refractivity contribution < 1.29 is 19.5 Å². The first-order valence-corrected chi connectivity index (χ1v) is 8.17. The SMILES string of the molecule is Cc1onc(C(=O)NC(Cc2ccccc2)C2CC(O)C2)c1CO. The van der Waals surface area contributed by atoms with E-state index in [-0.39, 0.29) is 36.3 Å². The van der Waals surface area contributed by atoms with Crippen LogP contribution in [0.1, 0.15) is 40.2 Å². The molecule has 1 fully saturated rings. The summed E-state index contributed by atoms with van der Waals surface area (Å²) in [6.45, 7) is 1.38. The standard InChI is InChI=1S/C18H22N2O4/c1-11-15(10-21)17(20-24-11)18(23)19-16(13-8-14(22)9-13)7-12-5-3-2-4-6-12/h2-6,13-14,16,21-22H,7-10H2,1H3,(H,19,23). The molecule has 0 aliphatic heterocycles. The molecule has 3 N–H and O–H groups in total. The maximum absolute atomic E-state index is 12.6. The van der Waals surface area contributed by atoms with Crippen molar-refractivity contribution in [2.75, 3.05) is 0 Å². The normalized spacial score (nSPS) is 21.1. The smallest absolute Gasteiger partial charge is 0.274 e. The van der Waals surface area contributed by atoms with Crippen LogP contribution in [0.3, 0.4) is 0 Å². The van der Waals surface area contributed by atoms with Gasteiger partial charge in [0.05, 0.1) is 18.3 Å². The highest BCUT2D eigenvalue weighted by Crippen LogP contribution is 2.32. The molecule has 128 valence electrons. The van der Waals surface area contributed by atoms with Crippen LogP contribution in [0.15, 0.2) is 34.9 Å². The fourth-order valence-electron chi connectivity index (χ4n) is 3.15. The summed E-state index contributed by atoms with van der Waals surface area (Å²) in [7, 11) is 0. The van der Waals surface area contributed by atoms with Crippen LogP contribution in [0.4, 0.5) is 0 Å². The zero-order valence-electron chi connectivity index (χ0n) is 13.6. The van der Waals surface area contributed by atoms with Gasteiger partial charge in [-0.3, -0.25) is 4.79 Å². The maximum atomic E-state index is 12.6. The molecule has 1 aliphatic carbocycles. The molecule has 1 aromatic heterocycles. The third-order valence-electron chi connectivity index (χ3n) is 4.69. The number of nitrogens with one attached hydrogen (secondary N) is 1. The summed E-state index contributed by atoms with van der Waals surface area (Å²) in [6, 6.07) is 9.84. The second-order valence-electron chi connectivity index (χ2n) is 6.38. The van der Waals surface area contributed by atoms with Gasteiger partial charge in [0, 0.05) is 6.04 Å².